The highest BCUT2D eigenvalue weighted by Gasteiger charge is 2.44. The summed E-state index contributed by atoms with van der Waals surface area (Å²) in [6.07, 6.45) is 6.67. The molecule has 2 aromatic heterocycles. The number of aryl methyl sites for hydroxylation is 2. The van der Waals surface area contributed by atoms with Crippen LogP contribution >= 0.6 is 0 Å². The molecule has 3 saturated heterocycles. The van der Waals surface area contributed by atoms with Gasteiger partial charge in [-0.3, -0.25) is 38.9 Å². The third kappa shape index (κ3) is 9.42. The molecular weight excluding hydrogens is 837 g/mol. The summed E-state index contributed by atoms with van der Waals surface area (Å²) in [4.78, 5) is 80.0. The van der Waals surface area contributed by atoms with E-state index in [2.05, 4.69) is 66.2 Å². The fraction of sp³-hybridized carbons (Fsp3) is 0.529. The van der Waals surface area contributed by atoms with Crippen molar-refractivity contribution < 1.29 is 33.8 Å². The number of fused-ring (bicyclic) bond motifs is 6. The van der Waals surface area contributed by atoms with E-state index in [-0.39, 0.29) is 42.6 Å². The summed E-state index contributed by atoms with van der Waals surface area (Å²) < 4.78 is 8.44. The largest absolute Gasteiger partial charge is 0.508 e. The van der Waals surface area contributed by atoms with E-state index in [9.17, 15) is 29.1 Å². The van der Waals surface area contributed by atoms with Crippen molar-refractivity contribution in [3.05, 3.63) is 71.5 Å². The van der Waals surface area contributed by atoms with Crippen LogP contribution in [0.3, 0.4) is 0 Å². The summed E-state index contributed by atoms with van der Waals surface area (Å²) in [6, 6.07) is 10.6. The Bertz CT molecular complexity index is 2530. The van der Waals surface area contributed by atoms with Crippen LogP contribution < -0.4 is 10.7 Å². The smallest absolute Gasteiger partial charge is 0.324 e. The fourth-order valence-corrected chi connectivity index (χ4v) is 10.4. The first-order valence-corrected chi connectivity index (χ1v) is 23.7. The van der Waals surface area contributed by atoms with Gasteiger partial charge < -0.3 is 29.5 Å². The summed E-state index contributed by atoms with van der Waals surface area (Å²) in [5.41, 5.74) is 10.3. The molecule has 66 heavy (non-hydrogen) atoms. The van der Waals surface area contributed by atoms with E-state index in [0.29, 0.717) is 64.0 Å². The maximum Gasteiger partial charge on any atom is 0.324 e. The molecule has 15 heteroatoms. The Kier molecular flexibility index (Phi) is 13.3. The van der Waals surface area contributed by atoms with E-state index in [0.717, 1.165) is 45.3 Å². The molecule has 1 unspecified atom stereocenters. The highest BCUT2D eigenvalue weighted by atomic mass is 16.5. The highest BCUT2D eigenvalue weighted by molar-refractivity contribution is 5.96. The molecule has 352 valence electrons. The number of hydrazine groups is 1. The van der Waals surface area contributed by atoms with Gasteiger partial charge in [0.25, 0.3) is 5.91 Å². The number of aromatic nitrogens is 2. The number of aromatic hydroxyl groups is 1. The molecule has 3 fully saturated rings. The summed E-state index contributed by atoms with van der Waals surface area (Å²) in [5, 5.41) is 16.8. The lowest BCUT2D eigenvalue weighted by Gasteiger charge is -2.37. The molecule has 15 nitrogen and oxygen atoms in total. The number of amides is 4. The van der Waals surface area contributed by atoms with E-state index >= 15 is 0 Å². The second kappa shape index (κ2) is 18.8. The number of benzene rings is 2. The van der Waals surface area contributed by atoms with Crippen LogP contribution in [-0.2, 0) is 54.5 Å². The van der Waals surface area contributed by atoms with Gasteiger partial charge in [0, 0.05) is 80.5 Å². The standard InChI is InChI=1S/C51H66N8O7/c1-9-32-15-17-52-26-39(32)45-38-25-51(5,6)29-66-50(65)40-12-11-18-59(54-40)48(63)41(22-31-20-35(23-36(60)21-31)33-13-14-42(37(38)24-33)58(45)10-2)53-46(61)44(30(3)4)56(8)47(62)34-16-19-57(27-34)49(64)43-28-55(43)7/h13-15,17,20-21,23-24,26,30,34,40-41,43-44,54,60H,9-12,16,18-19,22,25,27-29H2,1-8H3,(H,53,61)/t34-,40-,41-,43+,44-,55?/m0/s1. The number of likely N-dealkylation sites (tertiary alicyclic amines) is 1. The second-order valence-electron chi connectivity index (χ2n) is 20.0. The van der Waals surface area contributed by atoms with Crippen molar-refractivity contribution in [2.75, 3.05) is 46.9 Å². The monoisotopic (exact) mass is 903 g/mol. The molecule has 4 aliphatic heterocycles. The highest BCUT2D eigenvalue weighted by Crippen LogP contribution is 2.41. The first kappa shape index (κ1) is 46.7. The lowest BCUT2D eigenvalue weighted by Crippen LogP contribution is -2.62. The van der Waals surface area contributed by atoms with Crippen molar-refractivity contribution in [2.45, 2.75) is 111 Å². The van der Waals surface area contributed by atoms with Crippen molar-refractivity contribution in [3.8, 4) is 28.1 Å². The number of ether oxygens (including phenoxy) is 1. The molecule has 0 spiro atoms. The van der Waals surface area contributed by atoms with Crippen LogP contribution in [0.25, 0.3) is 33.3 Å². The van der Waals surface area contributed by atoms with E-state index in [4.69, 9.17) is 4.74 Å². The average molecular weight is 903 g/mol. The normalized spacial score (nSPS) is 23.6. The predicted octanol–water partition coefficient (Wildman–Crippen LogP) is 4.95. The van der Waals surface area contributed by atoms with E-state index in [1.54, 1.807) is 24.1 Å². The van der Waals surface area contributed by atoms with Crippen LogP contribution in [0.4, 0.5) is 0 Å². The van der Waals surface area contributed by atoms with Gasteiger partial charge in [-0.25, -0.2) is 5.43 Å². The predicted molar refractivity (Wildman–Crippen MR) is 252 cm³/mol. The molecule has 8 rings (SSSR count). The minimum absolute atomic E-state index is 0.00682. The molecule has 3 N–H and O–H groups in total. The zero-order valence-electron chi connectivity index (χ0n) is 39.7. The Morgan fingerprint density at radius 1 is 1.03 bits per heavy atom. The average Bonchev–Trinajstić information content (AvgIpc) is 3.68. The molecule has 4 amide bonds. The van der Waals surface area contributed by atoms with Crippen LogP contribution in [0.15, 0.2) is 54.9 Å². The molecule has 0 aliphatic carbocycles. The molecule has 0 saturated carbocycles. The van der Waals surface area contributed by atoms with Gasteiger partial charge in [-0.05, 0) is 110 Å². The number of carbonyl (C=O) groups is 5. The third-order valence-corrected chi connectivity index (χ3v) is 14.1. The summed E-state index contributed by atoms with van der Waals surface area (Å²) >= 11 is 0. The first-order chi connectivity index (χ1) is 31.5. The quantitative estimate of drug-likeness (QED) is 0.154. The minimum atomic E-state index is -1.14. The van der Waals surface area contributed by atoms with Gasteiger partial charge in [-0.2, -0.15) is 0 Å². The number of esters is 1. The van der Waals surface area contributed by atoms with E-state index in [1.165, 1.54) is 15.5 Å². The van der Waals surface area contributed by atoms with Gasteiger partial charge in [-0.15, -0.1) is 0 Å². The number of likely N-dealkylation sites (N-methyl/N-ethyl adjacent to an activating group) is 2. The van der Waals surface area contributed by atoms with Crippen molar-refractivity contribution >= 4 is 40.5 Å². The van der Waals surface area contributed by atoms with Crippen LogP contribution in [0.1, 0.15) is 77.5 Å². The Labute approximate surface area is 387 Å². The first-order valence-electron chi connectivity index (χ1n) is 23.7. The zero-order chi connectivity index (χ0) is 47.2. The van der Waals surface area contributed by atoms with Gasteiger partial charge in [0.2, 0.25) is 17.7 Å². The molecule has 4 aromatic rings. The van der Waals surface area contributed by atoms with Crippen LogP contribution in [-0.4, -0.2) is 135 Å². The van der Waals surface area contributed by atoms with Crippen molar-refractivity contribution in [1.82, 2.24) is 40.0 Å². The maximum atomic E-state index is 14.7. The topological polar surface area (TPSA) is 169 Å². The summed E-state index contributed by atoms with van der Waals surface area (Å²) in [5.74, 6) is -2.40. The molecule has 6 atom stereocenters. The lowest BCUT2D eigenvalue weighted by molar-refractivity contribution is -0.155. The van der Waals surface area contributed by atoms with Crippen molar-refractivity contribution in [1.29, 1.82) is 0 Å². The molecular formula is C51H66N8O7. The second-order valence-corrected chi connectivity index (χ2v) is 20.0. The maximum absolute atomic E-state index is 14.7. The van der Waals surface area contributed by atoms with E-state index < -0.39 is 47.2 Å². The van der Waals surface area contributed by atoms with Gasteiger partial charge >= 0.3 is 5.97 Å². The van der Waals surface area contributed by atoms with Gasteiger partial charge in [-0.1, -0.05) is 46.8 Å². The number of hydrogen-bond donors (Lipinski definition) is 3. The zero-order valence-corrected chi connectivity index (χ0v) is 39.7. The van der Waals surface area contributed by atoms with Crippen LogP contribution in [0.2, 0.25) is 0 Å². The summed E-state index contributed by atoms with van der Waals surface area (Å²) in [6.45, 7) is 14.8. The number of cyclic esters (lactones) is 1. The Morgan fingerprint density at radius 3 is 2.52 bits per heavy atom. The Morgan fingerprint density at radius 2 is 1.80 bits per heavy atom. The molecule has 2 aromatic carbocycles. The van der Waals surface area contributed by atoms with Gasteiger partial charge in [0.1, 0.15) is 29.9 Å². The number of nitrogens with zero attached hydrogens (tertiary/aromatic N) is 6. The number of nitrogens with one attached hydrogen (secondary N) is 2. The molecule has 6 heterocycles. The molecule has 4 aliphatic rings. The third-order valence-electron chi connectivity index (χ3n) is 14.1. The van der Waals surface area contributed by atoms with E-state index in [1.807, 2.05) is 50.3 Å². The summed E-state index contributed by atoms with van der Waals surface area (Å²) in [7, 11) is 3.51. The molecule has 0 radical (unpaired) electrons. The number of pyridine rings is 1. The van der Waals surface area contributed by atoms with Gasteiger partial charge in [0.05, 0.1) is 18.2 Å². The number of phenols is 1. The van der Waals surface area contributed by atoms with Crippen molar-refractivity contribution in [2.24, 2.45) is 17.3 Å². The number of phenolic OH excluding ortho intramolecular Hbond substituents is 1. The Balaban J connectivity index is 1.16. The van der Waals surface area contributed by atoms with Gasteiger partial charge in [0.15, 0.2) is 0 Å². The number of hydrogen-bond acceptors (Lipinski definition) is 10. The SMILES string of the molecule is CCc1ccncc1-c1c2c3cc(ccc3n1CC)-c1cc(O)cc(c1)C[C@H](NC(=O)[C@H](C(C)C)N(C)C(=O)[C@H]1CCN(C(=O)[C@H]3CN3C)C1)C(=O)N1CCC[C@H](N1)C(=O)OCC(C)(C)C2. The minimum Gasteiger partial charge on any atom is -0.508 e. The number of rotatable bonds is 9. The fourth-order valence-electron chi connectivity index (χ4n) is 10.4. The van der Waals surface area contributed by atoms with Crippen LogP contribution in [0.5, 0.6) is 5.75 Å². The lowest BCUT2D eigenvalue weighted by atomic mass is 9.84. The Hall–Kier alpha value is -5.80. The van der Waals surface area contributed by atoms with Crippen LogP contribution in [0, 0.1) is 17.3 Å². The van der Waals surface area contributed by atoms with Crippen molar-refractivity contribution in [3.63, 3.8) is 0 Å². The molecule has 6 bridgehead atoms. The number of carbonyl (C=O) groups excluding carboxylic acids is 5.